The van der Waals surface area contributed by atoms with Gasteiger partial charge >= 0.3 is 11.9 Å². The summed E-state index contributed by atoms with van der Waals surface area (Å²) in [6, 6.07) is 0. The minimum Gasteiger partial charge on any atom is -0.468 e. The topological polar surface area (TPSA) is 52.6 Å². The van der Waals surface area contributed by atoms with Crippen LogP contribution in [0.4, 0.5) is 0 Å². The lowest BCUT2D eigenvalue weighted by molar-refractivity contribution is -0.173. The molecule has 0 bridgehead atoms. The third-order valence-electron chi connectivity index (χ3n) is 4.85. The number of halogens is 1. The van der Waals surface area contributed by atoms with Gasteiger partial charge in [0.1, 0.15) is 0 Å². The van der Waals surface area contributed by atoms with Crippen LogP contribution in [0.5, 0.6) is 0 Å². The minimum absolute atomic E-state index is 0.0337. The largest absolute Gasteiger partial charge is 0.468 e. The van der Waals surface area contributed by atoms with Gasteiger partial charge < -0.3 is 9.47 Å². The van der Waals surface area contributed by atoms with Crippen LogP contribution < -0.4 is 0 Å². The molecule has 0 radical (unpaired) electrons. The number of hydrogen-bond donors (Lipinski definition) is 0. The lowest BCUT2D eigenvalue weighted by Crippen LogP contribution is -2.45. The van der Waals surface area contributed by atoms with Gasteiger partial charge in [0, 0.05) is 0 Å². The van der Waals surface area contributed by atoms with Gasteiger partial charge in [-0.1, -0.05) is 18.2 Å². The van der Waals surface area contributed by atoms with E-state index in [1.165, 1.54) is 14.2 Å². The number of alkyl halides is 1. The zero-order valence-corrected chi connectivity index (χ0v) is 13.1. The molecule has 2 aliphatic carbocycles. The van der Waals surface area contributed by atoms with Gasteiger partial charge in [-0.25, -0.2) is 0 Å². The van der Waals surface area contributed by atoms with Crippen molar-refractivity contribution < 1.29 is 19.1 Å². The number of fused-ring (bicyclic) bond motifs is 1. The Labute approximate surface area is 130 Å². The quantitative estimate of drug-likeness (QED) is 0.348. The maximum atomic E-state index is 12.4. The highest BCUT2D eigenvalue weighted by atomic mass is 35.5. The predicted octanol–water partition coefficient (Wildman–Crippen LogP) is 2.71. The Hall–Kier alpha value is -1.29. The average molecular weight is 313 g/mol. The third kappa shape index (κ3) is 2.50. The molecule has 5 heteroatoms. The molecular formula is C16H21ClO4. The van der Waals surface area contributed by atoms with Gasteiger partial charge in [0.2, 0.25) is 0 Å². The van der Waals surface area contributed by atoms with Gasteiger partial charge in [0.05, 0.1) is 19.6 Å². The monoisotopic (exact) mass is 312 g/mol. The number of methoxy groups -OCH3 is 2. The Kier molecular flexibility index (Phi) is 4.77. The molecule has 0 aliphatic heterocycles. The molecule has 0 heterocycles. The fourth-order valence-electron chi connectivity index (χ4n) is 3.84. The van der Waals surface area contributed by atoms with Crippen molar-refractivity contribution >= 4 is 23.5 Å². The van der Waals surface area contributed by atoms with Gasteiger partial charge in [-0.15, -0.1) is 18.2 Å². The molecule has 2 rings (SSSR count). The van der Waals surface area contributed by atoms with E-state index in [-0.39, 0.29) is 23.1 Å². The van der Waals surface area contributed by atoms with Crippen molar-refractivity contribution in [3.8, 4) is 0 Å². The second-order valence-corrected chi connectivity index (χ2v) is 6.28. The first-order valence-corrected chi connectivity index (χ1v) is 7.56. The molecule has 0 aromatic heterocycles. The van der Waals surface area contributed by atoms with Crippen LogP contribution in [0.25, 0.3) is 0 Å². The number of carbonyl (C=O) groups excluding carboxylic acids is 2. The van der Waals surface area contributed by atoms with E-state index in [0.717, 1.165) is 6.42 Å². The van der Waals surface area contributed by atoms with Gasteiger partial charge in [0.25, 0.3) is 0 Å². The summed E-state index contributed by atoms with van der Waals surface area (Å²) in [6.07, 6.45) is 7.56. The zero-order valence-electron chi connectivity index (χ0n) is 12.4. The molecule has 0 unspecified atom stereocenters. The second-order valence-electron chi connectivity index (χ2n) is 5.72. The van der Waals surface area contributed by atoms with Crippen molar-refractivity contribution in [2.45, 2.75) is 24.6 Å². The van der Waals surface area contributed by atoms with E-state index in [9.17, 15) is 9.59 Å². The predicted molar refractivity (Wildman–Crippen MR) is 79.8 cm³/mol. The van der Waals surface area contributed by atoms with Gasteiger partial charge in [0.15, 0.2) is 5.41 Å². The highest BCUT2D eigenvalue weighted by molar-refractivity contribution is 6.21. The van der Waals surface area contributed by atoms with Crippen molar-refractivity contribution in [1.82, 2.24) is 0 Å². The van der Waals surface area contributed by atoms with E-state index < -0.39 is 17.4 Å². The van der Waals surface area contributed by atoms with E-state index in [4.69, 9.17) is 21.1 Å². The number of esters is 2. The molecule has 0 aromatic carbocycles. The number of hydrogen-bond acceptors (Lipinski definition) is 4. The van der Waals surface area contributed by atoms with Crippen molar-refractivity contribution in [1.29, 1.82) is 0 Å². The van der Waals surface area contributed by atoms with E-state index in [2.05, 4.69) is 6.58 Å². The first-order valence-electron chi connectivity index (χ1n) is 7.13. The Morgan fingerprint density at radius 1 is 1.24 bits per heavy atom. The van der Waals surface area contributed by atoms with E-state index >= 15 is 0 Å². The lowest BCUT2D eigenvalue weighted by atomic mass is 9.73. The number of ether oxygens (including phenoxy) is 2. The van der Waals surface area contributed by atoms with Crippen LogP contribution in [0.15, 0.2) is 24.8 Å². The highest BCUT2D eigenvalue weighted by Gasteiger charge is 2.62. The standard InChI is InChI=1S/C16H21ClO4/c1-4-10-9-16(14(18)20-2,15(19)21-3)13-8-6-11(17)5-7-12(10)13/h4-5,7,10-13H,1,6,8-9H2,2-3H3/t10-,11-,12-,13-/m1/s1. The molecule has 4 nitrogen and oxygen atoms in total. The summed E-state index contributed by atoms with van der Waals surface area (Å²) >= 11 is 6.20. The van der Waals surface area contributed by atoms with Crippen LogP contribution in [-0.2, 0) is 19.1 Å². The Morgan fingerprint density at radius 3 is 2.38 bits per heavy atom. The van der Waals surface area contributed by atoms with Crippen molar-refractivity contribution in [2.24, 2.45) is 23.2 Å². The Morgan fingerprint density at radius 2 is 1.86 bits per heavy atom. The molecule has 1 saturated carbocycles. The number of allylic oxidation sites excluding steroid dienone is 3. The summed E-state index contributed by atoms with van der Waals surface area (Å²) < 4.78 is 9.88. The maximum absolute atomic E-state index is 12.4. The second kappa shape index (κ2) is 6.22. The van der Waals surface area contributed by atoms with Gasteiger partial charge in [-0.2, -0.15) is 0 Å². The summed E-state index contributed by atoms with van der Waals surface area (Å²) in [5.74, 6) is -1.11. The summed E-state index contributed by atoms with van der Waals surface area (Å²) in [6.45, 7) is 3.85. The molecule has 2 aliphatic rings. The van der Waals surface area contributed by atoms with Crippen molar-refractivity contribution in [2.75, 3.05) is 14.2 Å². The molecule has 116 valence electrons. The number of carbonyl (C=O) groups is 2. The first kappa shape index (κ1) is 16.1. The molecule has 0 aromatic rings. The van der Waals surface area contributed by atoms with E-state index in [1.807, 2.05) is 18.2 Å². The molecular weight excluding hydrogens is 292 g/mol. The molecule has 0 saturated heterocycles. The van der Waals surface area contributed by atoms with Crippen LogP contribution in [0.2, 0.25) is 0 Å². The van der Waals surface area contributed by atoms with Crippen molar-refractivity contribution in [3.63, 3.8) is 0 Å². The summed E-state index contributed by atoms with van der Waals surface area (Å²) in [7, 11) is 2.61. The maximum Gasteiger partial charge on any atom is 0.323 e. The van der Waals surface area contributed by atoms with Gasteiger partial charge in [-0.3, -0.25) is 9.59 Å². The SMILES string of the molecule is C=C[C@@H]1CC(C(=O)OC)(C(=O)OC)[C@@H]2CC[C@H](Cl)C=C[C@H]12. The Balaban J connectivity index is 2.50. The van der Waals surface area contributed by atoms with E-state index in [1.54, 1.807) is 0 Å². The summed E-state index contributed by atoms with van der Waals surface area (Å²) in [5.41, 5.74) is -1.25. The van der Waals surface area contributed by atoms with Crippen LogP contribution >= 0.6 is 11.6 Å². The lowest BCUT2D eigenvalue weighted by Gasteiger charge is -2.31. The molecule has 21 heavy (non-hydrogen) atoms. The van der Waals surface area contributed by atoms with Crippen LogP contribution in [-0.4, -0.2) is 31.5 Å². The fraction of sp³-hybridized carbons (Fsp3) is 0.625. The van der Waals surface area contributed by atoms with E-state index in [0.29, 0.717) is 12.8 Å². The molecule has 0 N–H and O–H groups in total. The van der Waals surface area contributed by atoms with Crippen molar-refractivity contribution in [3.05, 3.63) is 24.8 Å². The van der Waals surface area contributed by atoms with Crippen LogP contribution in [0.3, 0.4) is 0 Å². The molecule has 1 fully saturated rings. The third-order valence-corrected chi connectivity index (χ3v) is 5.21. The fourth-order valence-corrected chi connectivity index (χ4v) is 4.05. The van der Waals surface area contributed by atoms with Gasteiger partial charge in [-0.05, 0) is 37.0 Å². The highest BCUT2D eigenvalue weighted by Crippen LogP contribution is 2.55. The Bertz CT molecular complexity index is 455. The molecule has 0 spiro atoms. The molecule has 4 atom stereocenters. The average Bonchev–Trinajstić information content (AvgIpc) is 2.70. The normalized spacial score (nSPS) is 33.7. The summed E-state index contributed by atoms with van der Waals surface area (Å²) in [5, 5.41) is -0.0749. The summed E-state index contributed by atoms with van der Waals surface area (Å²) in [4.78, 5) is 24.9. The first-order chi connectivity index (χ1) is 10.0. The van der Waals surface area contributed by atoms with Crippen LogP contribution in [0, 0.1) is 23.2 Å². The zero-order chi connectivity index (χ0) is 15.6. The minimum atomic E-state index is -1.25. The molecule has 0 amide bonds. The van der Waals surface area contributed by atoms with Crippen LogP contribution in [0.1, 0.15) is 19.3 Å². The smallest absolute Gasteiger partial charge is 0.323 e. The number of rotatable bonds is 3.